The zero-order valence-corrected chi connectivity index (χ0v) is 18.0. The Bertz CT molecular complexity index is 1210. The van der Waals surface area contributed by atoms with Crippen molar-refractivity contribution in [3.8, 4) is 0 Å². The number of aryl methyl sites for hydroxylation is 2. The highest BCUT2D eigenvalue weighted by molar-refractivity contribution is 5.95. The second kappa shape index (κ2) is 8.52. The van der Waals surface area contributed by atoms with Crippen LogP contribution >= 0.6 is 0 Å². The smallest absolute Gasteiger partial charge is 0.345 e. The van der Waals surface area contributed by atoms with E-state index in [1.807, 2.05) is 62.4 Å². The maximum Gasteiger partial charge on any atom is 0.439 e. The van der Waals surface area contributed by atoms with Gasteiger partial charge in [0, 0.05) is 12.1 Å². The highest BCUT2D eigenvalue weighted by Gasteiger charge is 2.39. The number of rotatable bonds is 4. The molecule has 2 aromatic rings. The number of hydrazine groups is 1. The van der Waals surface area contributed by atoms with Crippen LogP contribution in [-0.2, 0) is 19.3 Å². The van der Waals surface area contributed by atoms with Crippen molar-refractivity contribution in [3.05, 3.63) is 82.4 Å². The molecule has 0 aliphatic carbocycles. The minimum Gasteiger partial charge on any atom is -0.345 e. The fourth-order valence-corrected chi connectivity index (χ4v) is 3.11. The van der Waals surface area contributed by atoms with Gasteiger partial charge in [-0.05, 0) is 44.5 Å². The summed E-state index contributed by atoms with van der Waals surface area (Å²) >= 11 is 0. The number of anilines is 1. The van der Waals surface area contributed by atoms with Crippen molar-refractivity contribution in [3.63, 3.8) is 0 Å². The molecule has 1 fully saturated rings. The molecule has 4 rings (SSSR count). The molecule has 0 radical (unpaired) electrons. The number of azo groups is 1. The predicted molar refractivity (Wildman–Crippen MR) is 113 cm³/mol. The lowest BCUT2D eigenvalue weighted by molar-refractivity contribution is -0.464. The molecule has 2 aromatic carbocycles. The third-order valence-electron chi connectivity index (χ3n) is 4.86. The molecule has 2 aliphatic heterocycles. The van der Waals surface area contributed by atoms with E-state index in [1.54, 1.807) is 13.8 Å². The van der Waals surface area contributed by atoms with Crippen LogP contribution in [0.15, 0.2) is 86.8 Å². The Labute approximate surface area is 184 Å². The molecule has 32 heavy (non-hydrogen) atoms. The standard InChI is InChI=1S/C22H21N6O4/c1-13-5-9-17(10-6-13)27-19(21(29)31-25-27)15(3)23-24-16(4)20-22(30)32-26-28(20)18-11-7-14(2)8-12-18/h5-12,25H,1-4H3/q+1/b19-15-,20-16+,24-23-. The lowest BCUT2D eigenvalue weighted by Gasteiger charge is -2.16. The highest BCUT2D eigenvalue weighted by Crippen LogP contribution is 2.28. The summed E-state index contributed by atoms with van der Waals surface area (Å²) in [7, 11) is 0. The Kier molecular flexibility index (Phi) is 5.61. The van der Waals surface area contributed by atoms with Crippen LogP contribution < -0.4 is 10.6 Å². The second-order valence-corrected chi connectivity index (χ2v) is 7.33. The molecule has 0 unspecified atom stereocenters. The van der Waals surface area contributed by atoms with E-state index in [1.165, 1.54) is 9.71 Å². The zero-order chi connectivity index (χ0) is 22.8. The van der Waals surface area contributed by atoms with Crippen LogP contribution in [0.5, 0.6) is 0 Å². The Balaban J connectivity index is 1.66. The van der Waals surface area contributed by atoms with Crippen molar-refractivity contribution in [2.24, 2.45) is 15.5 Å². The van der Waals surface area contributed by atoms with Crippen LogP contribution in [0.1, 0.15) is 25.0 Å². The van der Waals surface area contributed by atoms with Crippen LogP contribution in [0.4, 0.5) is 11.4 Å². The Morgan fingerprint density at radius 3 is 2.16 bits per heavy atom. The van der Waals surface area contributed by atoms with Crippen LogP contribution in [0.2, 0.25) is 0 Å². The SMILES string of the molecule is CC(/N=N\C(C)=C1/C(=O)ON=[N+]1c1ccc(C)cc1)=C1\C(=O)ONN1c1ccc(C)cc1. The van der Waals surface area contributed by atoms with Crippen molar-refractivity contribution in [1.29, 1.82) is 0 Å². The Morgan fingerprint density at radius 2 is 1.50 bits per heavy atom. The lowest BCUT2D eigenvalue weighted by atomic mass is 10.2. The molecular formula is C22H21N6O4+. The molecule has 10 nitrogen and oxygen atoms in total. The average molecular weight is 433 g/mol. The van der Waals surface area contributed by atoms with E-state index in [2.05, 4.69) is 21.1 Å². The quantitative estimate of drug-likeness (QED) is 0.438. The van der Waals surface area contributed by atoms with Crippen LogP contribution in [-0.4, -0.2) is 16.6 Å². The molecule has 0 bridgehead atoms. The first kappa shape index (κ1) is 21.1. The topological polar surface area (TPSA) is 108 Å². The summed E-state index contributed by atoms with van der Waals surface area (Å²) in [5.74, 6) is -1.24. The first-order valence-corrected chi connectivity index (χ1v) is 9.81. The van der Waals surface area contributed by atoms with Crippen LogP contribution in [0, 0.1) is 13.8 Å². The number of hydrogen-bond donors (Lipinski definition) is 1. The fraction of sp³-hybridized carbons (Fsp3) is 0.182. The van der Waals surface area contributed by atoms with Crippen molar-refractivity contribution in [2.75, 3.05) is 5.01 Å². The normalized spacial score (nSPS) is 19.2. The molecule has 1 N–H and O–H groups in total. The van der Waals surface area contributed by atoms with Crippen molar-refractivity contribution in [2.45, 2.75) is 27.7 Å². The maximum atomic E-state index is 12.3. The van der Waals surface area contributed by atoms with E-state index in [0.717, 1.165) is 11.1 Å². The zero-order valence-electron chi connectivity index (χ0n) is 18.0. The number of benzene rings is 2. The van der Waals surface area contributed by atoms with Crippen molar-refractivity contribution >= 4 is 23.3 Å². The molecule has 1 saturated heterocycles. The van der Waals surface area contributed by atoms with E-state index in [0.29, 0.717) is 17.1 Å². The van der Waals surface area contributed by atoms with Gasteiger partial charge in [-0.1, -0.05) is 41.0 Å². The Hall–Kier alpha value is -4.18. The molecule has 0 spiro atoms. The van der Waals surface area contributed by atoms with Gasteiger partial charge in [0.25, 0.3) is 0 Å². The molecule has 0 amide bonds. The molecule has 2 heterocycles. The van der Waals surface area contributed by atoms with Crippen molar-refractivity contribution < 1.29 is 24.0 Å². The van der Waals surface area contributed by atoms with Gasteiger partial charge < -0.3 is 4.84 Å². The molecule has 0 aromatic heterocycles. The summed E-state index contributed by atoms with van der Waals surface area (Å²) < 4.78 is 1.36. The summed E-state index contributed by atoms with van der Waals surface area (Å²) in [6.07, 6.45) is 0. The third-order valence-corrected chi connectivity index (χ3v) is 4.86. The number of hydrogen-bond acceptors (Lipinski definition) is 9. The monoisotopic (exact) mass is 433 g/mol. The summed E-state index contributed by atoms with van der Waals surface area (Å²) in [5.41, 5.74) is 6.96. The summed E-state index contributed by atoms with van der Waals surface area (Å²) in [4.78, 5) is 34.4. The number of nitrogens with zero attached hydrogens (tertiary/aromatic N) is 5. The third kappa shape index (κ3) is 4.03. The second-order valence-electron chi connectivity index (χ2n) is 7.33. The van der Waals surface area contributed by atoms with Gasteiger partial charge in [-0.2, -0.15) is 5.11 Å². The number of carbonyl (C=O) groups excluding carboxylic acids is 2. The Morgan fingerprint density at radius 1 is 0.906 bits per heavy atom. The minimum absolute atomic E-state index is 0.137. The van der Waals surface area contributed by atoms with E-state index < -0.39 is 11.9 Å². The fourth-order valence-electron chi connectivity index (χ4n) is 3.11. The molecular weight excluding hydrogens is 412 g/mol. The largest absolute Gasteiger partial charge is 0.439 e. The molecule has 2 aliphatic rings. The number of carbonyl (C=O) groups is 2. The van der Waals surface area contributed by atoms with Gasteiger partial charge in [0.15, 0.2) is 5.70 Å². The van der Waals surface area contributed by atoms with Crippen LogP contribution in [0.25, 0.3) is 0 Å². The van der Waals surface area contributed by atoms with E-state index in [4.69, 9.17) is 9.68 Å². The summed E-state index contributed by atoms with van der Waals surface area (Å²) in [5, 5.41) is 13.6. The van der Waals surface area contributed by atoms with Crippen molar-refractivity contribution in [1.82, 2.24) is 5.59 Å². The minimum atomic E-state index is -0.643. The van der Waals surface area contributed by atoms with Gasteiger partial charge in [-0.25, -0.2) is 14.6 Å². The van der Waals surface area contributed by atoms with Gasteiger partial charge in [0.1, 0.15) is 5.70 Å². The van der Waals surface area contributed by atoms with E-state index >= 15 is 0 Å². The molecule has 0 saturated carbocycles. The van der Waals surface area contributed by atoms with Gasteiger partial charge in [-0.15, -0.1) is 5.11 Å². The van der Waals surface area contributed by atoms with E-state index in [-0.39, 0.29) is 17.1 Å². The molecule has 0 atom stereocenters. The van der Waals surface area contributed by atoms with Gasteiger partial charge in [0.05, 0.1) is 11.4 Å². The highest BCUT2D eigenvalue weighted by atomic mass is 16.7. The predicted octanol–water partition coefficient (Wildman–Crippen LogP) is 4.27. The number of nitrogens with one attached hydrogen (secondary N) is 1. The molecule has 162 valence electrons. The molecule has 10 heteroatoms. The number of allylic oxidation sites excluding steroid dienone is 2. The van der Waals surface area contributed by atoms with Gasteiger partial charge in [0.2, 0.25) is 11.0 Å². The maximum absolute atomic E-state index is 12.3. The lowest BCUT2D eigenvalue weighted by Crippen LogP contribution is -2.29. The first-order chi connectivity index (χ1) is 15.3. The first-order valence-electron chi connectivity index (χ1n) is 9.81. The summed E-state index contributed by atoms with van der Waals surface area (Å²) in [6, 6.07) is 14.9. The average Bonchev–Trinajstić information content (AvgIpc) is 3.35. The summed E-state index contributed by atoms with van der Waals surface area (Å²) in [6.45, 7) is 7.17. The van der Waals surface area contributed by atoms with Gasteiger partial charge >= 0.3 is 17.6 Å². The van der Waals surface area contributed by atoms with Crippen LogP contribution in [0.3, 0.4) is 0 Å². The van der Waals surface area contributed by atoms with Gasteiger partial charge in [-0.3, -0.25) is 4.84 Å². The van der Waals surface area contributed by atoms with E-state index in [9.17, 15) is 9.59 Å².